The molecule has 0 amide bonds. The number of nitrogens with one attached hydrogen (secondary N) is 2. The molecular formula is C26H42N7O10PS. The van der Waals surface area contributed by atoms with Gasteiger partial charge in [0.1, 0.15) is 17.8 Å². The van der Waals surface area contributed by atoms with Crippen LogP contribution in [-0.2, 0) is 32.7 Å². The van der Waals surface area contributed by atoms with Crippen molar-refractivity contribution in [3.8, 4) is 0 Å². The summed E-state index contributed by atoms with van der Waals surface area (Å²) in [6, 6.07) is 0.261. The molecule has 0 bridgehead atoms. The number of aliphatic hydroxyl groups is 3. The molecule has 0 radical (unpaired) electrons. The fourth-order valence-electron chi connectivity index (χ4n) is 4.38. The van der Waals surface area contributed by atoms with E-state index in [1.54, 1.807) is 20.8 Å². The minimum atomic E-state index is -4.13. The van der Waals surface area contributed by atoms with Gasteiger partial charge in [0.25, 0.3) is 0 Å². The summed E-state index contributed by atoms with van der Waals surface area (Å²) < 4.78 is 37.1. The van der Waals surface area contributed by atoms with Gasteiger partial charge in [0, 0.05) is 18.3 Å². The van der Waals surface area contributed by atoms with Crippen molar-refractivity contribution in [3.63, 3.8) is 0 Å². The average Bonchev–Trinajstić information content (AvgIpc) is 3.65. The second-order valence-electron chi connectivity index (χ2n) is 11.6. The number of ether oxygens (including phenoxy) is 2. The molecule has 252 valence electrons. The summed E-state index contributed by atoms with van der Waals surface area (Å²) in [7, 11) is -4.13. The Kier molecular flexibility index (Phi) is 11.5. The standard InChI is InChI=1S/C26H42N7O10PS/c1-5-40-17(35)8-9-29-44(39,41-10-11-45-23(37)25(2,3)13-34)42-12-16-19(36)26(4,38)22(43-16)33-14-28-18-20(30-15-6-7-15)31-24(27)32-21(18)33/h14-16,19,22,34,36,38H,5-13H2,1-4H3,(H,29,39)(H3,27,30,31,32)/t16-,19?,22?,26?,44?/m1/s1. The van der Waals surface area contributed by atoms with E-state index in [9.17, 15) is 29.5 Å². The first-order valence-corrected chi connectivity index (χ1v) is 17.1. The van der Waals surface area contributed by atoms with Crippen LogP contribution in [0.3, 0.4) is 0 Å². The molecule has 2 aromatic heterocycles. The first-order chi connectivity index (χ1) is 21.2. The number of nitrogens with two attached hydrogens (primary N) is 1. The van der Waals surface area contributed by atoms with Crippen LogP contribution >= 0.6 is 19.5 Å². The molecule has 45 heavy (non-hydrogen) atoms. The van der Waals surface area contributed by atoms with Gasteiger partial charge in [-0.3, -0.25) is 23.2 Å². The predicted octanol–water partition coefficient (Wildman–Crippen LogP) is 0.955. The molecule has 19 heteroatoms. The Bertz CT molecular complexity index is 1410. The summed E-state index contributed by atoms with van der Waals surface area (Å²) in [5, 5.41) is 37.3. The maximum absolute atomic E-state index is 13.6. The van der Waals surface area contributed by atoms with Crippen LogP contribution in [0.15, 0.2) is 6.33 Å². The number of carbonyl (C=O) groups excluding carboxylic acids is 2. The minimum absolute atomic E-state index is 0.0164. The molecule has 4 unspecified atom stereocenters. The van der Waals surface area contributed by atoms with E-state index in [0.29, 0.717) is 11.3 Å². The SMILES string of the molecule is CCOC(=O)CCNP(=O)(OCCSC(=O)C(C)(C)CO)OC[C@H]1OC(n2cnc3c(NC4CC4)nc(N)nc32)C(C)(O)C1O. The number of anilines is 2. The van der Waals surface area contributed by atoms with Gasteiger partial charge >= 0.3 is 13.7 Å². The van der Waals surface area contributed by atoms with Gasteiger partial charge in [-0.05, 0) is 40.5 Å². The molecule has 2 aromatic rings. The number of esters is 1. The van der Waals surface area contributed by atoms with E-state index in [4.69, 9.17) is 24.3 Å². The van der Waals surface area contributed by atoms with Crippen LogP contribution in [0.25, 0.3) is 11.2 Å². The molecule has 1 saturated carbocycles. The lowest BCUT2D eigenvalue weighted by Gasteiger charge is -2.27. The molecule has 1 aliphatic heterocycles. The van der Waals surface area contributed by atoms with Crippen molar-refractivity contribution in [1.82, 2.24) is 24.6 Å². The van der Waals surface area contributed by atoms with E-state index in [1.807, 2.05) is 0 Å². The van der Waals surface area contributed by atoms with Gasteiger partial charge in [0.15, 0.2) is 28.3 Å². The second kappa shape index (κ2) is 14.6. The van der Waals surface area contributed by atoms with Gasteiger partial charge in [0.05, 0.1) is 44.6 Å². The Hall–Kier alpha value is -2.41. The van der Waals surface area contributed by atoms with Gasteiger partial charge in [0.2, 0.25) is 5.95 Å². The van der Waals surface area contributed by atoms with Crippen LogP contribution in [0.5, 0.6) is 0 Å². The van der Waals surface area contributed by atoms with Crippen molar-refractivity contribution in [2.24, 2.45) is 5.41 Å². The number of fused-ring (bicyclic) bond motifs is 1. The number of imidazole rings is 1. The molecule has 2 aliphatic rings. The molecule has 3 heterocycles. The van der Waals surface area contributed by atoms with Crippen molar-refractivity contribution in [3.05, 3.63) is 6.33 Å². The van der Waals surface area contributed by atoms with Crippen molar-refractivity contribution < 1.29 is 48.0 Å². The summed E-state index contributed by atoms with van der Waals surface area (Å²) in [4.78, 5) is 37.0. The lowest BCUT2D eigenvalue weighted by molar-refractivity contribution is -0.142. The summed E-state index contributed by atoms with van der Waals surface area (Å²) in [5.74, 6) is 0.0100. The van der Waals surface area contributed by atoms with E-state index in [2.05, 4.69) is 25.4 Å². The molecule has 0 spiro atoms. The van der Waals surface area contributed by atoms with Crippen LogP contribution in [0.4, 0.5) is 11.8 Å². The molecule has 4 rings (SSSR count). The first-order valence-electron chi connectivity index (χ1n) is 14.6. The van der Waals surface area contributed by atoms with E-state index in [1.165, 1.54) is 17.8 Å². The Morgan fingerprint density at radius 2 is 2.04 bits per heavy atom. The highest BCUT2D eigenvalue weighted by atomic mass is 32.2. The average molecular weight is 676 g/mol. The van der Waals surface area contributed by atoms with Crippen LogP contribution in [0.1, 0.15) is 53.2 Å². The third-order valence-electron chi connectivity index (χ3n) is 7.24. The Balaban J connectivity index is 1.44. The maximum Gasteiger partial charge on any atom is 0.405 e. The van der Waals surface area contributed by atoms with Crippen LogP contribution in [0, 0.1) is 5.41 Å². The van der Waals surface area contributed by atoms with Crippen molar-refractivity contribution >= 4 is 53.5 Å². The van der Waals surface area contributed by atoms with Gasteiger partial charge in [-0.1, -0.05) is 11.8 Å². The zero-order valence-electron chi connectivity index (χ0n) is 25.7. The molecule has 17 nitrogen and oxygen atoms in total. The van der Waals surface area contributed by atoms with Crippen molar-refractivity contribution in [2.45, 2.75) is 77.0 Å². The van der Waals surface area contributed by atoms with Crippen molar-refractivity contribution in [2.75, 3.05) is 49.8 Å². The molecule has 2 fully saturated rings. The van der Waals surface area contributed by atoms with Crippen LogP contribution in [-0.4, -0.2) is 108 Å². The van der Waals surface area contributed by atoms with Gasteiger partial charge < -0.3 is 35.8 Å². The number of rotatable bonds is 17. The number of aromatic nitrogens is 4. The summed E-state index contributed by atoms with van der Waals surface area (Å²) >= 11 is 0.903. The molecule has 1 saturated heterocycles. The van der Waals surface area contributed by atoms with Crippen LogP contribution < -0.4 is 16.1 Å². The van der Waals surface area contributed by atoms with Crippen molar-refractivity contribution in [1.29, 1.82) is 0 Å². The minimum Gasteiger partial charge on any atom is -0.466 e. The Morgan fingerprint density at radius 1 is 1.31 bits per heavy atom. The van der Waals surface area contributed by atoms with Crippen LogP contribution in [0.2, 0.25) is 0 Å². The van der Waals surface area contributed by atoms with Gasteiger partial charge in [-0.2, -0.15) is 9.97 Å². The normalized spacial score (nSPS) is 24.9. The first kappa shape index (κ1) is 35.4. The zero-order chi connectivity index (χ0) is 33.0. The Morgan fingerprint density at radius 3 is 2.71 bits per heavy atom. The number of nitrogen functional groups attached to an aromatic ring is 1. The van der Waals surface area contributed by atoms with Gasteiger partial charge in [-0.25, -0.2) is 14.6 Å². The quantitative estimate of drug-likeness (QED) is 0.0777. The lowest BCUT2D eigenvalue weighted by atomic mass is 9.96. The molecule has 1 aliphatic carbocycles. The highest BCUT2D eigenvalue weighted by Gasteiger charge is 2.54. The third-order valence-corrected chi connectivity index (χ3v) is 10.0. The topological polar surface area (TPSA) is 242 Å². The fourth-order valence-corrected chi connectivity index (χ4v) is 6.63. The lowest BCUT2D eigenvalue weighted by Crippen LogP contribution is -2.44. The Labute approximate surface area is 264 Å². The number of aliphatic hydroxyl groups excluding tert-OH is 2. The summed E-state index contributed by atoms with van der Waals surface area (Å²) in [6.07, 6.45) is -0.634. The molecule has 5 atom stereocenters. The van der Waals surface area contributed by atoms with E-state index >= 15 is 0 Å². The van der Waals surface area contributed by atoms with E-state index in [-0.39, 0.29) is 61.3 Å². The number of hydrogen-bond acceptors (Lipinski definition) is 16. The highest BCUT2D eigenvalue weighted by Crippen LogP contribution is 2.46. The number of nitrogens with zero attached hydrogens (tertiary/aromatic N) is 4. The largest absolute Gasteiger partial charge is 0.466 e. The summed E-state index contributed by atoms with van der Waals surface area (Å²) in [5.41, 5.74) is 3.80. The second-order valence-corrected chi connectivity index (χ2v) is 14.5. The third kappa shape index (κ3) is 8.69. The zero-order valence-corrected chi connectivity index (χ0v) is 27.4. The fraction of sp³-hybridized carbons (Fsp3) is 0.731. The smallest absolute Gasteiger partial charge is 0.405 e. The number of hydrogen-bond donors (Lipinski definition) is 6. The number of thioether (sulfide) groups is 1. The molecule has 7 N–H and O–H groups in total. The van der Waals surface area contributed by atoms with Gasteiger partial charge in [-0.15, -0.1) is 0 Å². The molecular weight excluding hydrogens is 633 g/mol. The molecule has 0 aromatic carbocycles. The predicted molar refractivity (Wildman–Crippen MR) is 164 cm³/mol. The summed E-state index contributed by atoms with van der Waals surface area (Å²) in [6.45, 7) is 5.29. The van der Waals surface area contributed by atoms with E-state index in [0.717, 1.165) is 24.6 Å². The highest BCUT2D eigenvalue weighted by molar-refractivity contribution is 8.13. The van der Waals surface area contributed by atoms with E-state index < -0.39 is 49.8 Å². The monoisotopic (exact) mass is 675 g/mol. The maximum atomic E-state index is 13.6. The number of carbonyl (C=O) groups is 2.